The Labute approximate surface area is 194 Å². The maximum atomic E-state index is 13.9. The smallest absolute Gasteiger partial charge is 0.374 e. The number of imidazole rings is 1. The molecule has 2 N–H and O–H groups in total. The lowest BCUT2D eigenvalue weighted by atomic mass is 9.97. The van der Waals surface area contributed by atoms with Gasteiger partial charge < -0.3 is 15.0 Å². The fourth-order valence-electron chi connectivity index (χ4n) is 4.32. The van der Waals surface area contributed by atoms with Gasteiger partial charge in [-0.15, -0.1) is 11.3 Å². The van der Waals surface area contributed by atoms with Crippen LogP contribution >= 0.6 is 11.3 Å². The number of hydrogen-bond acceptors (Lipinski definition) is 7. The van der Waals surface area contributed by atoms with Crippen LogP contribution in [0.2, 0.25) is 0 Å². The lowest BCUT2D eigenvalue weighted by molar-refractivity contribution is -0.271. The van der Waals surface area contributed by atoms with Gasteiger partial charge >= 0.3 is 6.18 Å². The zero-order valence-corrected chi connectivity index (χ0v) is 19.9. The summed E-state index contributed by atoms with van der Waals surface area (Å²) in [5, 5.41) is 14.5. The van der Waals surface area contributed by atoms with E-state index in [1.54, 1.807) is 11.3 Å². The van der Waals surface area contributed by atoms with E-state index in [0.29, 0.717) is 18.2 Å². The average Bonchev–Trinajstić information content (AvgIpc) is 3.31. The standard InChI is InChI=1S/C22H29F3N6OS/c1-14-15(2)33-19-17(14)18(28-16(29-19)13-31-10-5-4-6-11-31)26-8-7-21(32,22(23,24)25)20-27-9-12-30(20)3/h9,12,32H,4-8,10-11,13H2,1-3H3,(H,26,28,29)/t21-/m1/s1. The molecule has 1 aliphatic rings. The maximum Gasteiger partial charge on any atom is 0.424 e. The number of nitrogens with one attached hydrogen (secondary N) is 1. The third-order valence-electron chi connectivity index (χ3n) is 6.33. The van der Waals surface area contributed by atoms with E-state index in [2.05, 4.69) is 15.2 Å². The van der Waals surface area contributed by atoms with Crippen molar-refractivity contribution in [3.05, 3.63) is 34.5 Å². The summed E-state index contributed by atoms with van der Waals surface area (Å²) in [4.78, 5) is 17.4. The van der Waals surface area contributed by atoms with E-state index >= 15 is 0 Å². The Morgan fingerprint density at radius 3 is 2.52 bits per heavy atom. The lowest BCUT2D eigenvalue weighted by Crippen LogP contribution is -2.45. The number of likely N-dealkylation sites (tertiary alicyclic amines) is 1. The van der Waals surface area contributed by atoms with E-state index < -0.39 is 24.0 Å². The molecule has 0 amide bonds. The molecular formula is C22H29F3N6OS. The molecule has 11 heteroatoms. The van der Waals surface area contributed by atoms with Crippen LogP contribution in [-0.2, 0) is 19.2 Å². The van der Waals surface area contributed by atoms with Crippen LogP contribution in [0.15, 0.2) is 12.4 Å². The summed E-state index contributed by atoms with van der Waals surface area (Å²) in [5.74, 6) is 0.736. The van der Waals surface area contributed by atoms with Gasteiger partial charge in [0.1, 0.15) is 22.3 Å². The molecule has 0 bridgehead atoms. The molecule has 0 aliphatic carbocycles. The number of nitrogens with zero attached hydrogens (tertiary/aromatic N) is 5. The summed E-state index contributed by atoms with van der Waals surface area (Å²) >= 11 is 1.56. The highest BCUT2D eigenvalue weighted by atomic mass is 32.1. The molecule has 4 rings (SSSR count). The summed E-state index contributed by atoms with van der Waals surface area (Å²) in [7, 11) is 1.44. The number of rotatable bonds is 7. The summed E-state index contributed by atoms with van der Waals surface area (Å²) in [6.45, 7) is 6.43. The molecule has 0 saturated carbocycles. The van der Waals surface area contributed by atoms with E-state index in [-0.39, 0.29) is 6.54 Å². The highest BCUT2D eigenvalue weighted by Crippen LogP contribution is 2.41. The Bertz CT molecular complexity index is 1120. The summed E-state index contributed by atoms with van der Waals surface area (Å²) in [6.07, 6.45) is 0.682. The van der Waals surface area contributed by atoms with Crippen molar-refractivity contribution in [2.75, 3.05) is 25.0 Å². The van der Waals surface area contributed by atoms with Gasteiger partial charge in [-0.3, -0.25) is 4.90 Å². The molecule has 4 heterocycles. The molecule has 1 saturated heterocycles. The molecule has 0 radical (unpaired) electrons. The van der Waals surface area contributed by atoms with Gasteiger partial charge in [-0.1, -0.05) is 6.42 Å². The lowest BCUT2D eigenvalue weighted by Gasteiger charge is -2.30. The first-order valence-corrected chi connectivity index (χ1v) is 11.9. The number of fused-ring (bicyclic) bond motifs is 1. The van der Waals surface area contributed by atoms with Crippen LogP contribution in [0.5, 0.6) is 0 Å². The molecule has 3 aromatic rings. The predicted molar refractivity (Wildman–Crippen MR) is 122 cm³/mol. The number of aryl methyl sites for hydroxylation is 3. The van der Waals surface area contributed by atoms with Crippen LogP contribution < -0.4 is 5.32 Å². The monoisotopic (exact) mass is 482 g/mol. The summed E-state index contributed by atoms with van der Waals surface area (Å²) < 4.78 is 42.8. The Balaban J connectivity index is 1.60. The van der Waals surface area contributed by atoms with Gasteiger partial charge in [0.2, 0.25) is 5.60 Å². The van der Waals surface area contributed by atoms with Crippen LogP contribution in [0.25, 0.3) is 10.2 Å². The fourth-order valence-corrected chi connectivity index (χ4v) is 5.36. The van der Waals surface area contributed by atoms with Crippen molar-refractivity contribution in [2.45, 2.75) is 57.9 Å². The number of aromatic nitrogens is 4. The van der Waals surface area contributed by atoms with Crippen molar-refractivity contribution in [2.24, 2.45) is 7.05 Å². The zero-order chi connectivity index (χ0) is 23.8. The Morgan fingerprint density at radius 1 is 1.15 bits per heavy atom. The zero-order valence-electron chi connectivity index (χ0n) is 19.0. The molecule has 3 aromatic heterocycles. The number of halogens is 3. The highest BCUT2D eigenvalue weighted by molar-refractivity contribution is 7.18. The van der Waals surface area contributed by atoms with Crippen molar-refractivity contribution in [3.63, 3.8) is 0 Å². The molecule has 1 fully saturated rings. The molecule has 7 nitrogen and oxygen atoms in total. The number of aliphatic hydroxyl groups is 1. The van der Waals surface area contributed by atoms with Crippen molar-refractivity contribution >= 4 is 27.4 Å². The third kappa shape index (κ3) is 4.71. The molecular weight excluding hydrogens is 453 g/mol. The number of piperidine rings is 1. The van der Waals surface area contributed by atoms with Gasteiger partial charge in [0.05, 0.1) is 11.9 Å². The first kappa shape index (κ1) is 23.9. The van der Waals surface area contributed by atoms with Gasteiger partial charge in [0.25, 0.3) is 0 Å². The Hall–Kier alpha value is -2.24. The molecule has 180 valence electrons. The van der Waals surface area contributed by atoms with Crippen LogP contribution in [0.1, 0.15) is 47.8 Å². The Morgan fingerprint density at radius 2 is 1.88 bits per heavy atom. The topological polar surface area (TPSA) is 79.1 Å². The van der Waals surface area contributed by atoms with Crippen LogP contribution in [-0.4, -0.2) is 55.3 Å². The van der Waals surface area contributed by atoms with Crippen molar-refractivity contribution in [3.8, 4) is 0 Å². The minimum atomic E-state index is -4.87. The molecule has 0 spiro atoms. The van der Waals surface area contributed by atoms with Crippen molar-refractivity contribution in [1.82, 2.24) is 24.4 Å². The minimum absolute atomic E-state index is 0.132. The first-order valence-electron chi connectivity index (χ1n) is 11.1. The number of alkyl halides is 3. The summed E-state index contributed by atoms with van der Waals surface area (Å²) in [6, 6.07) is 0. The molecule has 33 heavy (non-hydrogen) atoms. The van der Waals surface area contributed by atoms with Gasteiger partial charge in [-0.05, 0) is 45.3 Å². The van der Waals surface area contributed by atoms with Gasteiger partial charge in [0, 0.05) is 37.3 Å². The second-order valence-corrected chi connectivity index (χ2v) is 9.89. The van der Waals surface area contributed by atoms with E-state index in [1.165, 1.54) is 30.4 Å². The number of thiophene rings is 1. The predicted octanol–water partition coefficient (Wildman–Crippen LogP) is 4.28. The quantitative estimate of drug-likeness (QED) is 0.523. The highest BCUT2D eigenvalue weighted by Gasteiger charge is 2.57. The van der Waals surface area contributed by atoms with E-state index in [9.17, 15) is 18.3 Å². The minimum Gasteiger partial charge on any atom is -0.374 e. The van der Waals surface area contributed by atoms with E-state index in [4.69, 9.17) is 9.97 Å². The van der Waals surface area contributed by atoms with E-state index in [1.807, 2.05) is 13.8 Å². The number of anilines is 1. The molecule has 1 aliphatic heterocycles. The largest absolute Gasteiger partial charge is 0.424 e. The van der Waals surface area contributed by atoms with Crippen LogP contribution in [0.4, 0.5) is 19.0 Å². The van der Waals surface area contributed by atoms with Gasteiger partial charge in [-0.2, -0.15) is 13.2 Å². The average molecular weight is 483 g/mol. The van der Waals surface area contributed by atoms with Crippen LogP contribution in [0, 0.1) is 13.8 Å². The van der Waals surface area contributed by atoms with E-state index in [0.717, 1.165) is 46.6 Å². The maximum absolute atomic E-state index is 13.9. The second kappa shape index (κ2) is 9.19. The SMILES string of the molecule is Cc1sc2nc(CN3CCCCC3)nc(NCC[C@@](O)(c3nccn3C)C(F)(F)F)c2c1C. The normalized spacial score (nSPS) is 17.4. The molecule has 1 atom stereocenters. The second-order valence-electron chi connectivity index (χ2n) is 8.69. The van der Waals surface area contributed by atoms with Crippen molar-refractivity contribution in [1.29, 1.82) is 0 Å². The van der Waals surface area contributed by atoms with Gasteiger partial charge in [0.15, 0.2) is 0 Å². The third-order valence-corrected chi connectivity index (χ3v) is 7.43. The van der Waals surface area contributed by atoms with Gasteiger partial charge in [-0.25, -0.2) is 15.0 Å². The van der Waals surface area contributed by atoms with Crippen molar-refractivity contribution < 1.29 is 18.3 Å². The Kier molecular flexibility index (Phi) is 6.66. The molecule has 0 unspecified atom stereocenters. The number of hydrogen-bond donors (Lipinski definition) is 2. The molecule has 0 aromatic carbocycles. The summed E-state index contributed by atoms with van der Waals surface area (Å²) in [5.41, 5.74) is -2.06. The fraction of sp³-hybridized carbons (Fsp3) is 0.591. The first-order chi connectivity index (χ1) is 15.6. The van der Waals surface area contributed by atoms with Crippen LogP contribution in [0.3, 0.4) is 0 Å².